The van der Waals surface area contributed by atoms with Gasteiger partial charge in [0.1, 0.15) is 5.69 Å². The lowest BCUT2D eigenvalue weighted by Crippen LogP contribution is -2.22. The zero-order valence-electron chi connectivity index (χ0n) is 16.3. The summed E-state index contributed by atoms with van der Waals surface area (Å²) < 4.78 is 72.5. The molecule has 0 amide bonds. The molecule has 5 nitrogen and oxygen atoms in total. The van der Waals surface area contributed by atoms with Gasteiger partial charge in [-0.2, -0.15) is 13.2 Å². The van der Waals surface area contributed by atoms with E-state index in [4.69, 9.17) is 4.74 Å². The number of alkyl halides is 3. The molecule has 1 heterocycles. The highest BCUT2D eigenvalue weighted by Crippen LogP contribution is 2.39. The summed E-state index contributed by atoms with van der Waals surface area (Å²) in [5.41, 5.74) is -1.66. The average molecular weight is 506 g/mol. The Kier molecular flexibility index (Phi) is 5.94. The van der Waals surface area contributed by atoms with Gasteiger partial charge in [-0.3, -0.25) is 0 Å². The summed E-state index contributed by atoms with van der Waals surface area (Å²) >= 11 is 2.88. The number of ether oxygens (including phenoxy) is 1. The van der Waals surface area contributed by atoms with Crippen molar-refractivity contribution in [3.05, 3.63) is 57.1 Å². The zero-order chi connectivity index (χ0) is 22.4. The Bertz CT molecular complexity index is 1180. The first-order valence-electron chi connectivity index (χ1n) is 9.12. The molecule has 3 rings (SSSR count). The van der Waals surface area contributed by atoms with Crippen LogP contribution in [-0.4, -0.2) is 25.0 Å². The van der Waals surface area contributed by atoms with E-state index in [1.807, 2.05) is 13.8 Å². The third-order valence-electron chi connectivity index (χ3n) is 4.99. The molecule has 0 N–H and O–H groups in total. The molecule has 30 heavy (non-hydrogen) atoms. The summed E-state index contributed by atoms with van der Waals surface area (Å²) in [6.07, 6.45) is -0.0659. The second-order valence-electron chi connectivity index (χ2n) is 7.05. The second-order valence-corrected chi connectivity index (χ2v) is 9.70. The number of benzene rings is 1. The molecule has 0 fully saturated rings. The van der Waals surface area contributed by atoms with E-state index < -0.39 is 27.7 Å². The SMILES string of the molecule is CCOC(=O)c1cc2cc(Br)c(C(F)(F)F)cc2n1S(=O)(=O)C1=CC(C)C(C)C=C1. The molecule has 0 aliphatic heterocycles. The molecular weight excluding hydrogens is 487 g/mol. The highest BCUT2D eigenvalue weighted by Gasteiger charge is 2.36. The number of nitrogens with zero attached hydrogens (tertiary/aromatic N) is 1. The quantitative estimate of drug-likeness (QED) is 0.514. The largest absolute Gasteiger partial charge is 0.461 e. The monoisotopic (exact) mass is 505 g/mol. The van der Waals surface area contributed by atoms with Crippen LogP contribution >= 0.6 is 15.9 Å². The van der Waals surface area contributed by atoms with Crippen molar-refractivity contribution in [1.29, 1.82) is 0 Å². The molecule has 10 heteroatoms. The van der Waals surface area contributed by atoms with Crippen LogP contribution in [0.15, 0.2) is 45.8 Å². The minimum absolute atomic E-state index is 0.0188. The Hall–Kier alpha value is -2.07. The first-order valence-corrected chi connectivity index (χ1v) is 11.4. The van der Waals surface area contributed by atoms with E-state index >= 15 is 0 Å². The maximum atomic E-state index is 13.4. The van der Waals surface area contributed by atoms with Crippen molar-refractivity contribution >= 4 is 42.8 Å². The summed E-state index contributed by atoms with van der Waals surface area (Å²) in [4.78, 5) is 12.4. The van der Waals surface area contributed by atoms with Crippen molar-refractivity contribution in [2.24, 2.45) is 11.8 Å². The number of carbonyl (C=O) groups excluding carboxylic acids is 1. The van der Waals surface area contributed by atoms with Crippen LogP contribution in [-0.2, 0) is 20.9 Å². The number of hydrogen-bond donors (Lipinski definition) is 0. The van der Waals surface area contributed by atoms with Crippen LogP contribution in [0.3, 0.4) is 0 Å². The summed E-state index contributed by atoms with van der Waals surface area (Å²) in [5.74, 6) is -0.945. The van der Waals surface area contributed by atoms with Crippen LogP contribution in [0.4, 0.5) is 13.2 Å². The first kappa shape index (κ1) is 22.6. The number of aromatic nitrogens is 1. The molecule has 0 bridgehead atoms. The van der Waals surface area contributed by atoms with Crippen LogP contribution < -0.4 is 0 Å². The Labute approximate surface area is 180 Å². The van der Waals surface area contributed by atoms with E-state index in [9.17, 15) is 26.4 Å². The van der Waals surface area contributed by atoms with Gasteiger partial charge in [-0.1, -0.05) is 41.9 Å². The summed E-state index contributed by atoms with van der Waals surface area (Å²) in [5, 5.41) is 0.156. The molecule has 162 valence electrons. The highest BCUT2D eigenvalue weighted by atomic mass is 79.9. The molecule has 0 saturated heterocycles. The van der Waals surface area contributed by atoms with E-state index in [1.165, 1.54) is 18.2 Å². The number of rotatable bonds is 4. The molecule has 2 unspecified atom stereocenters. The van der Waals surface area contributed by atoms with Crippen molar-refractivity contribution < 1.29 is 31.1 Å². The molecule has 0 saturated carbocycles. The predicted molar refractivity (Wildman–Crippen MR) is 110 cm³/mol. The predicted octanol–water partition coefficient (Wildman–Crippen LogP) is 5.50. The Morgan fingerprint density at radius 3 is 2.43 bits per heavy atom. The van der Waals surface area contributed by atoms with E-state index in [2.05, 4.69) is 15.9 Å². The van der Waals surface area contributed by atoms with E-state index in [0.717, 1.165) is 12.1 Å². The van der Waals surface area contributed by atoms with E-state index in [0.29, 0.717) is 3.97 Å². The van der Waals surface area contributed by atoms with Crippen molar-refractivity contribution in [2.75, 3.05) is 6.61 Å². The number of carbonyl (C=O) groups is 1. The minimum Gasteiger partial charge on any atom is -0.461 e. The second kappa shape index (κ2) is 7.88. The zero-order valence-corrected chi connectivity index (χ0v) is 18.7. The number of fused-ring (bicyclic) bond motifs is 1. The van der Waals surface area contributed by atoms with Crippen LogP contribution in [0.25, 0.3) is 10.9 Å². The van der Waals surface area contributed by atoms with Gasteiger partial charge in [0.2, 0.25) is 0 Å². The smallest absolute Gasteiger partial charge is 0.417 e. The molecular formula is C20H19BrF3NO4S. The van der Waals surface area contributed by atoms with Gasteiger partial charge >= 0.3 is 12.1 Å². The van der Waals surface area contributed by atoms with Gasteiger partial charge in [-0.05, 0) is 43.0 Å². The first-order chi connectivity index (χ1) is 13.9. The van der Waals surface area contributed by atoms with Crippen LogP contribution in [0.1, 0.15) is 36.8 Å². The third-order valence-corrected chi connectivity index (χ3v) is 7.39. The van der Waals surface area contributed by atoms with Gasteiger partial charge in [0.25, 0.3) is 10.0 Å². The summed E-state index contributed by atoms with van der Waals surface area (Å²) in [7, 11) is -4.36. The minimum atomic E-state index is -4.72. The molecule has 1 aromatic heterocycles. The van der Waals surface area contributed by atoms with Gasteiger partial charge in [-0.25, -0.2) is 17.2 Å². The molecule has 1 aromatic carbocycles. The van der Waals surface area contributed by atoms with Crippen LogP contribution in [0.5, 0.6) is 0 Å². The Balaban J connectivity index is 2.35. The van der Waals surface area contributed by atoms with E-state index in [1.54, 1.807) is 13.0 Å². The van der Waals surface area contributed by atoms with Crippen LogP contribution in [0, 0.1) is 11.8 Å². The van der Waals surface area contributed by atoms with Crippen LogP contribution in [0.2, 0.25) is 0 Å². The maximum Gasteiger partial charge on any atom is 0.417 e. The fourth-order valence-electron chi connectivity index (χ4n) is 3.19. The van der Waals surface area contributed by atoms with Gasteiger partial charge in [0.15, 0.2) is 0 Å². The number of allylic oxidation sites excluding steroid dienone is 3. The fourth-order valence-corrected chi connectivity index (χ4v) is 5.43. The number of hydrogen-bond acceptors (Lipinski definition) is 4. The van der Waals surface area contributed by atoms with Crippen molar-refractivity contribution in [3.8, 4) is 0 Å². The van der Waals surface area contributed by atoms with Crippen molar-refractivity contribution in [1.82, 2.24) is 3.97 Å². The lowest BCUT2D eigenvalue weighted by atomic mass is 9.92. The normalized spacial score (nSPS) is 19.8. The standard InChI is InChI=1S/C20H19BrF3NO4S/c1-4-29-19(26)18-9-13-8-16(21)15(20(22,23)24)10-17(13)25(18)30(27,28)14-6-5-11(2)12(3)7-14/h5-12H,4H2,1-3H3. The average Bonchev–Trinajstić information content (AvgIpc) is 3.01. The summed E-state index contributed by atoms with van der Waals surface area (Å²) in [6, 6.07) is 3.08. The number of esters is 1. The van der Waals surface area contributed by atoms with Gasteiger partial charge in [0.05, 0.1) is 22.6 Å². The van der Waals surface area contributed by atoms with E-state index in [-0.39, 0.29) is 44.4 Å². The Morgan fingerprint density at radius 1 is 1.20 bits per heavy atom. The fraction of sp³-hybridized carbons (Fsp3) is 0.350. The van der Waals surface area contributed by atoms with Crippen molar-refractivity contribution in [3.63, 3.8) is 0 Å². The summed E-state index contributed by atoms with van der Waals surface area (Å²) in [6.45, 7) is 5.29. The lowest BCUT2D eigenvalue weighted by Gasteiger charge is -2.20. The van der Waals surface area contributed by atoms with Gasteiger partial charge in [0, 0.05) is 9.86 Å². The number of halogens is 4. The maximum absolute atomic E-state index is 13.4. The lowest BCUT2D eigenvalue weighted by molar-refractivity contribution is -0.138. The van der Waals surface area contributed by atoms with Gasteiger partial charge < -0.3 is 4.74 Å². The molecule has 2 aromatic rings. The Morgan fingerprint density at radius 2 is 1.87 bits per heavy atom. The molecule has 2 atom stereocenters. The molecule has 0 spiro atoms. The van der Waals surface area contributed by atoms with Crippen molar-refractivity contribution in [2.45, 2.75) is 26.9 Å². The molecule has 1 aliphatic carbocycles. The molecule has 1 aliphatic rings. The van der Waals surface area contributed by atoms with Gasteiger partial charge in [-0.15, -0.1) is 0 Å². The highest BCUT2D eigenvalue weighted by molar-refractivity contribution is 9.10. The molecule has 0 radical (unpaired) electrons. The third kappa shape index (κ3) is 3.94. The topological polar surface area (TPSA) is 65.4 Å².